The van der Waals surface area contributed by atoms with Gasteiger partial charge in [-0.05, 0) is 31.4 Å². The van der Waals surface area contributed by atoms with Gasteiger partial charge in [0.05, 0.1) is 10.9 Å². The van der Waals surface area contributed by atoms with Crippen molar-refractivity contribution < 1.29 is 13.2 Å². The number of hydrogen-bond donors (Lipinski definition) is 0. The fourth-order valence-electron chi connectivity index (χ4n) is 3.99. The van der Waals surface area contributed by atoms with Crippen molar-refractivity contribution in [2.75, 3.05) is 19.6 Å². The molecule has 2 aromatic rings. The molecule has 0 radical (unpaired) electrons. The minimum absolute atomic E-state index is 0.169. The zero-order chi connectivity index (χ0) is 20.8. The van der Waals surface area contributed by atoms with Crippen LogP contribution in [-0.2, 0) is 20.3 Å². The van der Waals surface area contributed by atoms with Crippen LogP contribution in [0.4, 0.5) is 13.2 Å². The van der Waals surface area contributed by atoms with Crippen LogP contribution in [0.25, 0.3) is 11.0 Å². The summed E-state index contributed by atoms with van der Waals surface area (Å²) in [5, 5.41) is -0.560. The molecule has 0 N–H and O–H groups in total. The Balaban J connectivity index is 2.20. The highest BCUT2D eigenvalue weighted by molar-refractivity contribution is 5.79. The zero-order valence-electron chi connectivity index (χ0n) is 16.5. The molecule has 9 heteroatoms. The van der Waals surface area contributed by atoms with Gasteiger partial charge < -0.3 is 4.90 Å². The lowest BCUT2D eigenvalue weighted by Crippen LogP contribution is -2.39. The normalized spacial score (nSPS) is 18.9. The van der Waals surface area contributed by atoms with Crippen LogP contribution in [-0.4, -0.2) is 38.7 Å². The summed E-state index contributed by atoms with van der Waals surface area (Å²) in [5.74, 6) is 0.287. The first-order valence-electron chi connectivity index (χ1n) is 9.41. The maximum Gasteiger partial charge on any atom is 0.417 e. The topological polar surface area (TPSA) is 60.1 Å². The maximum absolute atomic E-state index is 13.8. The van der Waals surface area contributed by atoms with Crippen molar-refractivity contribution >= 4 is 11.0 Å². The van der Waals surface area contributed by atoms with E-state index in [2.05, 4.69) is 23.7 Å². The zero-order valence-corrected chi connectivity index (χ0v) is 16.5. The standard InChI is InChI=1S/C19H25F3N4O2/c1-11(2)9-26-7-5-6-12(10-26)14-8-13(19(20,21)22)15-16(23-14)24(3)18(28)25(4)17(15)27/h8,11-12H,5-7,9-10H2,1-4H3/t12-/m0/s1. The van der Waals surface area contributed by atoms with Gasteiger partial charge >= 0.3 is 11.9 Å². The van der Waals surface area contributed by atoms with Gasteiger partial charge in [-0.15, -0.1) is 0 Å². The van der Waals surface area contributed by atoms with Crippen LogP contribution in [0.15, 0.2) is 15.7 Å². The molecule has 28 heavy (non-hydrogen) atoms. The van der Waals surface area contributed by atoms with Gasteiger partial charge in [-0.1, -0.05) is 13.8 Å². The largest absolute Gasteiger partial charge is 0.417 e. The van der Waals surface area contributed by atoms with Crippen molar-refractivity contribution in [2.24, 2.45) is 20.0 Å². The second kappa shape index (κ2) is 7.35. The minimum atomic E-state index is -4.72. The van der Waals surface area contributed by atoms with Crippen LogP contribution in [0.1, 0.15) is 43.9 Å². The van der Waals surface area contributed by atoms with Gasteiger partial charge in [0.25, 0.3) is 5.56 Å². The van der Waals surface area contributed by atoms with E-state index in [9.17, 15) is 22.8 Å². The van der Waals surface area contributed by atoms with Gasteiger partial charge in [0, 0.05) is 38.8 Å². The van der Waals surface area contributed by atoms with E-state index in [4.69, 9.17) is 0 Å². The lowest BCUT2D eigenvalue weighted by molar-refractivity contribution is -0.136. The summed E-state index contributed by atoms with van der Waals surface area (Å²) in [5.41, 5.74) is -2.62. The van der Waals surface area contributed by atoms with Gasteiger partial charge in [0.1, 0.15) is 5.65 Å². The van der Waals surface area contributed by atoms with E-state index in [0.29, 0.717) is 17.0 Å². The third-order valence-electron chi connectivity index (χ3n) is 5.28. The fraction of sp³-hybridized carbons (Fsp3) is 0.632. The van der Waals surface area contributed by atoms with Gasteiger partial charge in [0.15, 0.2) is 0 Å². The molecule has 0 saturated carbocycles. The van der Waals surface area contributed by atoms with Crippen LogP contribution >= 0.6 is 0 Å². The summed E-state index contributed by atoms with van der Waals surface area (Å²) in [6.07, 6.45) is -3.12. The Bertz CT molecular complexity index is 1010. The first-order chi connectivity index (χ1) is 13.0. The molecule has 6 nitrogen and oxygen atoms in total. The molecule has 3 rings (SSSR count). The average molecular weight is 398 g/mol. The number of aryl methyl sites for hydroxylation is 1. The van der Waals surface area contributed by atoms with Crippen molar-refractivity contribution in [3.63, 3.8) is 0 Å². The van der Waals surface area contributed by atoms with Crippen LogP contribution in [0.3, 0.4) is 0 Å². The van der Waals surface area contributed by atoms with Crippen molar-refractivity contribution in [2.45, 2.75) is 38.8 Å². The van der Waals surface area contributed by atoms with E-state index < -0.39 is 28.4 Å². The average Bonchev–Trinajstić information content (AvgIpc) is 2.62. The highest BCUT2D eigenvalue weighted by Crippen LogP contribution is 2.36. The Morgan fingerprint density at radius 3 is 2.50 bits per heavy atom. The lowest BCUT2D eigenvalue weighted by atomic mass is 9.92. The molecule has 1 saturated heterocycles. The van der Waals surface area contributed by atoms with Crippen molar-refractivity contribution in [3.8, 4) is 0 Å². The number of halogens is 3. The number of pyridine rings is 1. The van der Waals surface area contributed by atoms with Gasteiger partial charge in [0.2, 0.25) is 0 Å². The highest BCUT2D eigenvalue weighted by Gasteiger charge is 2.37. The predicted octanol–water partition coefficient (Wildman–Crippen LogP) is 2.49. The summed E-state index contributed by atoms with van der Waals surface area (Å²) in [7, 11) is 2.51. The second-order valence-corrected chi connectivity index (χ2v) is 7.99. The number of fused-ring (bicyclic) bond motifs is 1. The molecule has 0 aromatic carbocycles. The molecule has 1 aliphatic rings. The summed E-state index contributed by atoms with van der Waals surface area (Å²) in [4.78, 5) is 31.3. The Morgan fingerprint density at radius 2 is 1.89 bits per heavy atom. The van der Waals surface area contributed by atoms with E-state index in [0.717, 1.165) is 36.6 Å². The van der Waals surface area contributed by atoms with Crippen molar-refractivity contribution in [1.82, 2.24) is 19.0 Å². The Morgan fingerprint density at radius 1 is 1.21 bits per heavy atom. The molecule has 3 heterocycles. The quantitative estimate of drug-likeness (QED) is 0.797. The number of aromatic nitrogens is 3. The molecule has 0 unspecified atom stereocenters. The molecular formula is C19H25F3N4O2. The van der Waals surface area contributed by atoms with Gasteiger partial charge in [-0.25, -0.2) is 9.78 Å². The Labute approximate surface area is 160 Å². The lowest BCUT2D eigenvalue weighted by Gasteiger charge is -2.33. The number of rotatable bonds is 3. The van der Waals surface area contributed by atoms with E-state index >= 15 is 0 Å². The van der Waals surface area contributed by atoms with E-state index in [-0.39, 0.29) is 17.3 Å². The molecule has 0 bridgehead atoms. The summed E-state index contributed by atoms with van der Waals surface area (Å²) < 4.78 is 43.1. The van der Waals surface area contributed by atoms with E-state index in [1.165, 1.54) is 14.1 Å². The summed E-state index contributed by atoms with van der Waals surface area (Å²) in [6.45, 7) is 6.60. The number of piperidine rings is 1. The Kier molecular flexibility index (Phi) is 5.40. The third kappa shape index (κ3) is 3.72. The molecule has 1 fully saturated rings. The molecule has 154 valence electrons. The molecule has 0 aliphatic carbocycles. The number of likely N-dealkylation sites (tertiary alicyclic amines) is 1. The second-order valence-electron chi connectivity index (χ2n) is 7.99. The van der Waals surface area contributed by atoms with E-state index in [1.54, 1.807) is 0 Å². The molecule has 0 spiro atoms. The first-order valence-corrected chi connectivity index (χ1v) is 9.41. The maximum atomic E-state index is 13.8. The van der Waals surface area contributed by atoms with Crippen LogP contribution in [0.2, 0.25) is 0 Å². The first kappa shape index (κ1) is 20.6. The van der Waals surface area contributed by atoms with Gasteiger partial charge in [-0.3, -0.25) is 13.9 Å². The molecular weight excluding hydrogens is 373 g/mol. The molecule has 2 aromatic heterocycles. The van der Waals surface area contributed by atoms with Crippen molar-refractivity contribution in [1.29, 1.82) is 0 Å². The van der Waals surface area contributed by atoms with Crippen LogP contribution in [0, 0.1) is 5.92 Å². The SMILES string of the molecule is CC(C)CN1CCC[C@H](c2cc(C(F)(F)F)c3c(=O)n(C)c(=O)n(C)c3n2)C1. The monoisotopic (exact) mass is 398 g/mol. The fourth-order valence-corrected chi connectivity index (χ4v) is 3.99. The smallest absolute Gasteiger partial charge is 0.302 e. The molecule has 1 atom stereocenters. The summed E-state index contributed by atoms with van der Waals surface area (Å²) >= 11 is 0. The van der Waals surface area contributed by atoms with Crippen molar-refractivity contribution in [3.05, 3.63) is 38.2 Å². The highest BCUT2D eigenvalue weighted by atomic mass is 19.4. The van der Waals surface area contributed by atoms with Crippen LogP contribution < -0.4 is 11.2 Å². The molecule has 0 amide bonds. The predicted molar refractivity (Wildman–Crippen MR) is 100 cm³/mol. The summed E-state index contributed by atoms with van der Waals surface area (Å²) in [6, 6.07) is 0.998. The number of nitrogens with zero attached hydrogens (tertiary/aromatic N) is 4. The van der Waals surface area contributed by atoms with Gasteiger partial charge in [-0.2, -0.15) is 13.2 Å². The Hall–Kier alpha value is -2.16. The molecule has 1 aliphatic heterocycles. The van der Waals surface area contributed by atoms with E-state index in [1.807, 2.05) is 0 Å². The number of hydrogen-bond acceptors (Lipinski definition) is 4. The minimum Gasteiger partial charge on any atom is -0.302 e. The third-order valence-corrected chi connectivity index (χ3v) is 5.28. The number of alkyl halides is 3. The van der Waals surface area contributed by atoms with Crippen LogP contribution in [0.5, 0.6) is 0 Å².